The van der Waals surface area contributed by atoms with Crippen LogP contribution < -0.4 is 5.32 Å². The number of fused-ring (bicyclic) bond motifs is 1. The van der Waals surface area contributed by atoms with E-state index in [1.807, 2.05) is 0 Å². The highest BCUT2D eigenvalue weighted by Gasteiger charge is 2.64. The minimum absolute atomic E-state index is 0.0104. The first-order chi connectivity index (χ1) is 14.5. The van der Waals surface area contributed by atoms with E-state index in [1.54, 1.807) is 13.8 Å². The summed E-state index contributed by atoms with van der Waals surface area (Å²) in [6, 6.07) is -2.69. The van der Waals surface area contributed by atoms with Gasteiger partial charge in [0.15, 0.2) is 0 Å². The van der Waals surface area contributed by atoms with Gasteiger partial charge in [-0.15, -0.1) is 0 Å². The minimum Gasteiger partial charge on any atom is -0.465 e. The van der Waals surface area contributed by atoms with Crippen molar-refractivity contribution >= 4 is 11.8 Å². The summed E-state index contributed by atoms with van der Waals surface area (Å²) < 4.78 is 50.5. The van der Waals surface area contributed by atoms with Gasteiger partial charge in [-0.05, 0) is 39.5 Å². The van der Waals surface area contributed by atoms with Crippen LogP contribution >= 0.6 is 0 Å². The summed E-state index contributed by atoms with van der Waals surface area (Å²) in [5.74, 6) is -2.57. The molecule has 8 unspecified atom stereocenters. The molecule has 0 aromatic carbocycles. The molecule has 2 N–H and O–H groups in total. The van der Waals surface area contributed by atoms with Crippen molar-refractivity contribution in [2.24, 2.45) is 17.3 Å². The van der Waals surface area contributed by atoms with Crippen LogP contribution in [0.25, 0.3) is 0 Å². The number of carbonyl (C=O) groups is 2. The number of piperidine rings is 1. The summed E-state index contributed by atoms with van der Waals surface area (Å²) >= 11 is 0. The van der Waals surface area contributed by atoms with Crippen molar-refractivity contribution < 1.29 is 47.1 Å². The van der Waals surface area contributed by atoms with E-state index >= 15 is 0 Å². The number of hydrogen-bond acceptors (Lipinski definition) is 8. The fourth-order valence-electron chi connectivity index (χ4n) is 4.92. The fourth-order valence-corrected chi connectivity index (χ4v) is 4.92. The normalized spacial score (nSPS) is 40.5. The summed E-state index contributed by atoms with van der Waals surface area (Å²) in [4.78, 5) is 35.3. The van der Waals surface area contributed by atoms with Crippen LogP contribution in [0.5, 0.6) is 0 Å². The van der Waals surface area contributed by atoms with Gasteiger partial charge in [-0.1, -0.05) is 0 Å². The molecule has 8 atom stereocenters. The first-order valence-electron chi connectivity index (χ1n) is 10.6. The molecule has 1 saturated carbocycles. The molecule has 2 heterocycles. The van der Waals surface area contributed by atoms with Gasteiger partial charge in [0.1, 0.15) is 17.9 Å². The van der Waals surface area contributed by atoms with Gasteiger partial charge in [0.2, 0.25) is 0 Å². The van der Waals surface area contributed by atoms with Crippen molar-refractivity contribution in [3.63, 3.8) is 0 Å². The highest BCUT2D eigenvalue weighted by molar-refractivity contribution is 5.86. The van der Waals surface area contributed by atoms with E-state index in [9.17, 15) is 27.9 Å². The molecule has 3 aliphatic rings. The molecule has 1 aliphatic carbocycles. The number of aliphatic hydroxyl groups is 1. The molecular weight excluding hydrogens is 423 g/mol. The van der Waals surface area contributed by atoms with Crippen molar-refractivity contribution in [2.75, 3.05) is 20.3 Å². The predicted molar refractivity (Wildman–Crippen MR) is 99.6 cm³/mol. The van der Waals surface area contributed by atoms with Gasteiger partial charge in [-0.2, -0.15) is 13.2 Å². The Hall–Kier alpha value is -1.27. The van der Waals surface area contributed by atoms with Crippen LogP contribution in [-0.4, -0.2) is 73.8 Å². The summed E-state index contributed by atoms with van der Waals surface area (Å²) in [7, 11) is 1.23. The molecule has 0 aromatic rings. The molecule has 8 nitrogen and oxygen atoms in total. The SMILES string of the molecule is CCOC(=O)C1(C)CCC(O)C(C(=O)C2CCC(C(F)(F)F)NC2COOC)C2OC21. The molecule has 2 saturated heterocycles. The van der Waals surface area contributed by atoms with Crippen LogP contribution in [0, 0.1) is 17.3 Å². The van der Waals surface area contributed by atoms with E-state index in [-0.39, 0.29) is 44.7 Å². The van der Waals surface area contributed by atoms with Gasteiger partial charge < -0.3 is 19.9 Å². The average Bonchev–Trinajstić information content (AvgIpc) is 3.51. The molecule has 3 rings (SSSR count). The molecular formula is C20H30F3NO7. The Morgan fingerprint density at radius 1 is 1.26 bits per heavy atom. The van der Waals surface area contributed by atoms with Gasteiger partial charge >= 0.3 is 12.1 Å². The second-order valence-corrected chi connectivity index (χ2v) is 8.70. The third-order valence-corrected chi connectivity index (χ3v) is 6.75. The highest BCUT2D eigenvalue weighted by atomic mass is 19.4. The lowest BCUT2D eigenvalue weighted by Crippen LogP contribution is -2.58. The van der Waals surface area contributed by atoms with E-state index in [1.165, 1.54) is 7.11 Å². The van der Waals surface area contributed by atoms with Crippen LogP contribution in [-0.2, 0) is 28.8 Å². The number of ether oxygens (including phenoxy) is 2. The molecule has 11 heteroatoms. The number of epoxide rings is 1. The van der Waals surface area contributed by atoms with Crippen molar-refractivity contribution in [1.82, 2.24) is 5.32 Å². The van der Waals surface area contributed by atoms with Crippen LogP contribution in [0.2, 0.25) is 0 Å². The average molecular weight is 453 g/mol. The van der Waals surface area contributed by atoms with Crippen LogP contribution in [0.4, 0.5) is 13.2 Å². The van der Waals surface area contributed by atoms with Crippen molar-refractivity contribution in [2.45, 2.75) is 76.1 Å². The van der Waals surface area contributed by atoms with E-state index in [0.717, 1.165) is 0 Å². The smallest absolute Gasteiger partial charge is 0.403 e. The Morgan fingerprint density at radius 2 is 1.97 bits per heavy atom. The van der Waals surface area contributed by atoms with Crippen LogP contribution in [0.15, 0.2) is 0 Å². The lowest BCUT2D eigenvalue weighted by Gasteiger charge is -2.38. The standard InChI is InChI=1S/C20H30F3NO7/c1-4-29-18(27)19(2)8-7-12(25)14(16-17(19)31-16)15(26)10-5-6-13(20(21,22)23)24-11(10)9-30-28-3/h10-14,16-17,24-25H,4-9H2,1-3H3. The number of esters is 1. The van der Waals surface area contributed by atoms with Crippen LogP contribution in [0.3, 0.4) is 0 Å². The number of halogens is 3. The monoisotopic (exact) mass is 453 g/mol. The summed E-state index contributed by atoms with van der Waals surface area (Å²) in [6.07, 6.45) is -6.57. The third-order valence-electron chi connectivity index (χ3n) is 6.75. The Labute approximate surface area is 178 Å². The van der Waals surface area contributed by atoms with Gasteiger partial charge in [0, 0.05) is 12.0 Å². The van der Waals surface area contributed by atoms with Crippen molar-refractivity contribution in [1.29, 1.82) is 0 Å². The molecule has 3 fully saturated rings. The van der Waals surface area contributed by atoms with Gasteiger partial charge in [-0.25, -0.2) is 9.78 Å². The maximum Gasteiger partial charge on any atom is 0.403 e. The predicted octanol–water partition coefficient (Wildman–Crippen LogP) is 1.54. The number of Topliss-reactive ketones (excluding diaryl/α,β-unsaturated/α-hetero) is 1. The fraction of sp³-hybridized carbons (Fsp3) is 0.900. The van der Waals surface area contributed by atoms with E-state index in [4.69, 9.17) is 14.4 Å². The number of aliphatic hydroxyl groups excluding tert-OH is 1. The van der Waals surface area contributed by atoms with E-state index in [2.05, 4.69) is 10.2 Å². The van der Waals surface area contributed by atoms with Gasteiger partial charge in [0.05, 0.1) is 43.9 Å². The zero-order valence-electron chi connectivity index (χ0n) is 17.8. The maximum atomic E-state index is 13.4. The van der Waals surface area contributed by atoms with E-state index < -0.39 is 59.8 Å². The number of ketones is 1. The molecule has 178 valence electrons. The van der Waals surface area contributed by atoms with E-state index in [0.29, 0.717) is 0 Å². The summed E-state index contributed by atoms with van der Waals surface area (Å²) in [5, 5.41) is 13.2. The molecule has 31 heavy (non-hydrogen) atoms. The van der Waals surface area contributed by atoms with Crippen molar-refractivity contribution in [3.05, 3.63) is 0 Å². The second-order valence-electron chi connectivity index (χ2n) is 8.70. The van der Waals surface area contributed by atoms with Gasteiger partial charge in [-0.3, -0.25) is 9.59 Å². The molecule has 0 aromatic heterocycles. The first kappa shape index (κ1) is 24.4. The third kappa shape index (κ3) is 4.90. The molecule has 0 spiro atoms. The van der Waals surface area contributed by atoms with Crippen molar-refractivity contribution in [3.8, 4) is 0 Å². The lowest BCUT2D eigenvalue weighted by molar-refractivity contribution is -0.280. The van der Waals surface area contributed by atoms with Crippen LogP contribution in [0.1, 0.15) is 39.5 Å². The zero-order chi connectivity index (χ0) is 23.0. The Morgan fingerprint density at radius 3 is 2.58 bits per heavy atom. The molecule has 2 aliphatic heterocycles. The minimum atomic E-state index is -4.45. The zero-order valence-corrected chi connectivity index (χ0v) is 17.8. The quantitative estimate of drug-likeness (QED) is 0.259. The number of nitrogens with one attached hydrogen (secondary N) is 1. The molecule has 0 bridgehead atoms. The Kier molecular flexibility index (Phi) is 7.31. The largest absolute Gasteiger partial charge is 0.465 e. The first-order valence-corrected chi connectivity index (χ1v) is 10.6. The summed E-state index contributed by atoms with van der Waals surface area (Å²) in [5.41, 5.74) is -0.985. The second kappa shape index (κ2) is 9.30. The Balaban J connectivity index is 1.77. The Bertz CT molecular complexity index is 676. The lowest BCUT2D eigenvalue weighted by atomic mass is 9.76. The maximum absolute atomic E-state index is 13.4. The number of carbonyl (C=O) groups excluding carboxylic acids is 2. The number of rotatable bonds is 7. The number of hydrogen-bond donors (Lipinski definition) is 2. The summed E-state index contributed by atoms with van der Waals surface area (Å²) in [6.45, 7) is 3.33. The topological polar surface area (TPSA) is 107 Å². The molecule has 0 amide bonds. The molecule has 0 radical (unpaired) electrons. The van der Waals surface area contributed by atoms with Gasteiger partial charge in [0.25, 0.3) is 0 Å². The number of alkyl halides is 3. The highest BCUT2D eigenvalue weighted by Crippen LogP contribution is 2.51.